The van der Waals surface area contributed by atoms with E-state index in [4.69, 9.17) is 25.5 Å². The smallest absolute Gasteiger partial charge is 0.291 e. The summed E-state index contributed by atoms with van der Waals surface area (Å²) in [6.45, 7) is 7.80. The average molecular weight is 521 g/mol. The zero-order chi connectivity index (χ0) is 26.7. The molecule has 0 unspecified atom stereocenters. The van der Waals surface area contributed by atoms with Gasteiger partial charge in [0.15, 0.2) is 5.76 Å². The van der Waals surface area contributed by atoms with Crippen molar-refractivity contribution < 1.29 is 23.6 Å². The van der Waals surface area contributed by atoms with Crippen LogP contribution in [0, 0.1) is 37.8 Å². The first-order valence-corrected chi connectivity index (χ1v) is 11.8. The molecule has 0 aliphatic heterocycles. The fourth-order valence-electron chi connectivity index (χ4n) is 3.69. The number of hydrogen-bond acceptors (Lipinski definition) is 6. The molecule has 1 amide bonds. The quantitative estimate of drug-likeness (QED) is 0.188. The van der Waals surface area contributed by atoms with Gasteiger partial charge in [-0.3, -0.25) is 14.9 Å². The third kappa shape index (κ3) is 6.29. The lowest BCUT2D eigenvalue weighted by Gasteiger charge is -2.13. The number of carbonyl (C=O) groups excluding carboxylic acids is 1. The summed E-state index contributed by atoms with van der Waals surface area (Å²) in [5, 5.41) is 14.8. The van der Waals surface area contributed by atoms with Crippen LogP contribution in [0.2, 0.25) is 5.02 Å². The first-order valence-electron chi connectivity index (χ1n) is 11.4. The van der Waals surface area contributed by atoms with Crippen molar-refractivity contribution in [3.63, 3.8) is 0 Å². The average Bonchev–Trinajstić information content (AvgIpc) is 3.32. The Labute approximate surface area is 218 Å². The molecule has 1 N–H and O–H groups in total. The number of hydrogen-bond donors (Lipinski definition) is 1. The second kappa shape index (κ2) is 10.8. The number of carbonyl (C=O) groups is 1. The largest absolute Gasteiger partial charge is 0.486 e. The summed E-state index contributed by atoms with van der Waals surface area (Å²) in [6.07, 6.45) is 0. The minimum Gasteiger partial charge on any atom is -0.486 e. The Balaban J connectivity index is 1.49. The van der Waals surface area contributed by atoms with Gasteiger partial charge in [-0.05, 0) is 86.3 Å². The zero-order valence-electron chi connectivity index (χ0n) is 20.8. The van der Waals surface area contributed by atoms with Gasteiger partial charge in [-0.2, -0.15) is 0 Å². The molecule has 4 rings (SSSR count). The number of nitrogens with zero attached hydrogens (tertiary/aromatic N) is 1. The van der Waals surface area contributed by atoms with Crippen LogP contribution < -0.4 is 14.8 Å². The second-order valence-corrected chi connectivity index (χ2v) is 9.11. The fraction of sp³-hybridized carbons (Fsp3) is 0.179. The highest BCUT2D eigenvalue weighted by molar-refractivity contribution is 6.31. The molecule has 0 spiro atoms. The van der Waals surface area contributed by atoms with Crippen molar-refractivity contribution in [1.82, 2.24) is 0 Å². The molecule has 0 bridgehead atoms. The van der Waals surface area contributed by atoms with Gasteiger partial charge in [-0.1, -0.05) is 17.7 Å². The van der Waals surface area contributed by atoms with Gasteiger partial charge in [-0.25, -0.2) is 0 Å². The Kier molecular flexibility index (Phi) is 7.50. The van der Waals surface area contributed by atoms with E-state index < -0.39 is 10.8 Å². The lowest BCUT2D eigenvalue weighted by Crippen LogP contribution is -2.11. The lowest BCUT2D eigenvalue weighted by atomic mass is 10.1. The number of benzene rings is 3. The molecule has 0 saturated carbocycles. The van der Waals surface area contributed by atoms with Crippen LogP contribution >= 0.6 is 11.6 Å². The number of amides is 1. The van der Waals surface area contributed by atoms with Crippen molar-refractivity contribution in [2.75, 3.05) is 5.32 Å². The first-order chi connectivity index (χ1) is 17.6. The Morgan fingerprint density at radius 3 is 2.49 bits per heavy atom. The zero-order valence-corrected chi connectivity index (χ0v) is 21.5. The van der Waals surface area contributed by atoms with Crippen LogP contribution in [0.15, 0.2) is 65.1 Å². The van der Waals surface area contributed by atoms with Gasteiger partial charge in [0.05, 0.1) is 16.7 Å². The molecule has 0 radical (unpaired) electrons. The molecule has 4 aromatic rings. The fourth-order valence-corrected chi connectivity index (χ4v) is 3.80. The van der Waals surface area contributed by atoms with Gasteiger partial charge in [0.25, 0.3) is 11.6 Å². The summed E-state index contributed by atoms with van der Waals surface area (Å²) in [5.41, 5.74) is 3.82. The number of halogens is 1. The summed E-state index contributed by atoms with van der Waals surface area (Å²) in [4.78, 5) is 23.8. The highest BCUT2D eigenvalue weighted by Gasteiger charge is 2.17. The van der Waals surface area contributed by atoms with Crippen molar-refractivity contribution in [3.8, 4) is 17.2 Å². The summed E-state index contributed by atoms with van der Waals surface area (Å²) in [5.74, 6) is 1.33. The molecule has 1 heterocycles. The molecule has 0 saturated heterocycles. The Bertz CT molecular complexity index is 1490. The van der Waals surface area contributed by atoms with Crippen LogP contribution in [0.3, 0.4) is 0 Å². The minimum absolute atomic E-state index is 0.0324. The van der Waals surface area contributed by atoms with Crippen LogP contribution in [0.4, 0.5) is 11.4 Å². The predicted octanol–water partition coefficient (Wildman–Crippen LogP) is 7.70. The highest BCUT2D eigenvalue weighted by atomic mass is 35.5. The second-order valence-electron chi connectivity index (χ2n) is 8.70. The number of non-ortho nitro benzene ring substituents is 1. The van der Waals surface area contributed by atoms with E-state index in [-0.39, 0.29) is 29.5 Å². The van der Waals surface area contributed by atoms with E-state index >= 15 is 0 Å². The summed E-state index contributed by atoms with van der Waals surface area (Å²) in [7, 11) is 0. The lowest BCUT2D eigenvalue weighted by molar-refractivity contribution is -0.384. The topological polar surface area (TPSA) is 104 Å². The SMILES string of the molecule is Cc1cc(C)c(C)c(Oc2cc(NC(=O)c3ccc(COc4ccc(Cl)c(C)c4)o3)cc([N+](=O)[O-])c2)c1. The van der Waals surface area contributed by atoms with Crippen molar-refractivity contribution in [2.24, 2.45) is 0 Å². The van der Waals surface area contributed by atoms with Crippen LogP contribution in [0.25, 0.3) is 0 Å². The molecule has 8 nitrogen and oxygen atoms in total. The highest BCUT2D eigenvalue weighted by Crippen LogP contribution is 2.33. The van der Waals surface area contributed by atoms with E-state index in [0.717, 1.165) is 22.3 Å². The molecule has 190 valence electrons. The van der Waals surface area contributed by atoms with E-state index in [1.807, 2.05) is 39.8 Å². The molecule has 37 heavy (non-hydrogen) atoms. The standard InChI is InChI=1S/C28H25ClN2O6/c1-16-9-17(2)19(4)27(10-16)37-24-13-20(12-21(14-24)31(33)34)30-28(32)26-8-6-23(36-26)15-35-22-5-7-25(29)18(3)11-22/h5-14H,15H2,1-4H3,(H,30,32). The van der Waals surface area contributed by atoms with E-state index in [1.54, 1.807) is 24.3 Å². The van der Waals surface area contributed by atoms with E-state index in [2.05, 4.69) is 5.32 Å². The van der Waals surface area contributed by atoms with Crippen molar-refractivity contribution in [2.45, 2.75) is 34.3 Å². The monoisotopic (exact) mass is 520 g/mol. The molecule has 1 aromatic heterocycles. The maximum Gasteiger partial charge on any atom is 0.291 e. The molecule has 0 fully saturated rings. The number of furan rings is 1. The van der Waals surface area contributed by atoms with Crippen molar-refractivity contribution >= 4 is 28.9 Å². The van der Waals surface area contributed by atoms with E-state index in [1.165, 1.54) is 24.3 Å². The van der Waals surface area contributed by atoms with Gasteiger partial charge >= 0.3 is 0 Å². The van der Waals surface area contributed by atoms with Crippen LogP contribution in [-0.2, 0) is 6.61 Å². The number of nitro benzene ring substituents is 1. The Hall–Kier alpha value is -4.30. The first kappa shape index (κ1) is 25.8. The Morgan fingerprint density at radius 1 is 0.973 bits per heavy atom. The normalized spacial score (nSPS) is 10.7. The maximum atomic E-state index is 12.8. The number of nitrogens with one attached hydrogen (secondary N) is 1. The third-order valence-corrected chi connectivity index (χ3v) is 6.17. The Morgan fingerprint density at radius 2 is 1.76 bits per heavy atom. The van der Waals surface area contributed by atoms with Crippen LogP contribution in [-0.4, -0.2) is 10.8 Å². The summed E-state index contributed by atoms with van der Waals surface area (Å²) < 4.78 is 17.3. The van der Waals surface area contributed by atoms with Crippen LogP contribution in [0.1, 0.15) is 38.6 Å². The van der Waals surface area contributed by atoms with Crippen molar-refractivity contribution in [1.29, 1.82) is 0 Å². The van der Waals surface area contributed by atoms with Gasteiger partial charge < -0.3 is 19.2 Å². The number of nitro groups is 1. The number of anilines is 1. The van der Waals surface area contributed by atoms with Gasteiger partial charge in [0.2, 0.25) is 0 Å². The van der Waals surface area contributed by atoms with Gasteiger partial charge in [0.1, 0.15) is 29.6 Å². The van der Waals surface area contributed by atoms with Gasteiger partial charge in [-0.15, -0.1) is 0 Å². The number of rotatable bonds is 8. The van der Waals surface area contributed by atoms with E-state index in [9.17, 15) is 14.9 Å². The number of ether oxygens (including phenoxy) is 2. The summed E-state index contributed by atoms with van der Waals surface area (Å²) in [6, 6.07) is 16.4. The van der Waals surface area contributed by atoms with Gasteiger partial charge in [0, 0.05) is 17.2 Å². The maximum absolute atomic E-state index is 12.8. The number of aryl methyl sites for hydroxylation is 3. The minimum atomic E-state index is -0.567. The molecule has 9 heteroatoms. The predicted molar refractivity (Wildman–Crippen MR) is 141 cm³/mol. The molecule has 0 aliphatic rings. The molecule has 0 atom stereocenters. The third-order valence-electron chi connectivity index (χ3n) is 5.75. The van der Waals surface area contributed by atoms with E-state index in [0.29, 0.717) is 22.3 Å². The molecule has 3 aromatic carbocycles. The molecular weight excluding hydrogens is 496 g/mol. The molecular formula is C28H25ClN2O6. The summed E-state index contributed by atoms with van der Waals surface area (Å²) >= 11 is 6.04. The molecule has 0 aliphatic carbocycles. The van der Waals surface area contributed by atoms with Crippen molar-refractivity contribution in [3.05, 3.63) is 110 Å². The van der Waals surface area contributed by atoms with Crippen LogP contribution in [0.5, 0.6) is 17.2 Å².